The van der Waals surface area contributed by atoms with Crippen molar-refractivity contribution in [3.63, 3.8) is 0 Å². The fourth-order valence-electron chi connectivity index (χ4n) is 1.25. The maximum Gasteiger partial charge on any atom is 0.343 e. The van der Waals surface area contributed by atoms with Crippen LogP contribution in [-0.4, -0.2) is 46.8 Å². The van der Waals surface area contributed by atoms with Gasteiger partial charge in [0.25, 0.3) is 0 Å². The van der Waals surface area contributed by atoms with E-state index in [-0.39, 0.29) is 5.04 Å². The molecule has 0 aromatic carbocycles. The molecule has 0 saturated carbocycles. The van der Waals surface area contributed by atoms with E-state index in [1.807, 2.05) is 33.9 Å². The lowest BCUT2D eigenvalue weighted by atomic mass is 9.95. The smallest absolute Gasteiger partial charge is 0.343 e. The zero-order valence-electron chi connectivity index (χ0n) is 12.6. The molecule has 112 valence electrons. The van der Waals surface area contributed by atoms with Crippen molar-refractivity contribution in [3.8, 4) is 0 Å². The molecular formula is C12H24O6Si. The molecule has 0 aromatic heterocycles. The Morgan fingerprint density at radius 3 is 1.63 bits per heavy atom. The van der Waals surface area contributed by atoms with E-state index in [1.165, 1.54) is 0 Å². The maximum atomic E-state index is 11.9. The molecule has 2 unspecified atom stereocenters. The van der Waals surface area contributed by atoms with Gasteiger partial charge in [-0.25, -0.2) is 4.79 Å². The van der Waals surface area contributed by atoms with Gasteiger partial charge in [0.2, 0.25) is 17.2 Å². The number of carboxylic acids is 1. The summed E-state index contributed by atoms with van der Waals surface area (Å²) in [5.74, 6) is -5.35. The van der Waals surface area contributed by atoms with Crippen molar-refractivity contribution in [1.82, 2.24) is 0 Å². The van der Waals surface area contributed by atoms with Gasteiger partial charge in [0.15, 0.2) is 8.32 Å². The Kier molecular flexibility index (Phi) is 4.77. The van der Waals surface area contributed by atoms with Crippen molar-refractivity contribution in [3.05, 3.63) is 0 Å². The number of Topliss-reactive ketones (excluding diaryl/α,β-unsaturated/α-hetero) is 1. The van der Waals surface area contributed by atoms with Gasteiger partial charge in [0.1, 0.15) is 0 Å². The second-order valence-corrected chi connectivity index (χ2v) is 11.3. The van der Waals surface area contributed by atoms with Crippen LogP contribution in [0.25, 0.3) is 0 Å². The Bertz CT molecular complexity index is 378. The summed E-state index contributed by atoms with van der Waals surface area (Å²) in [7, 11) is -2.49. The van der Waals surface area contributed by atoms with Crippen LogP contribution < -0.4 is 0 Å². The van der Waals surface area contributed by atoms with Crippen molar-refractivity contribution in [2.75, 3.05) is 0 Å². The molecule has 0 rings (SSSR count). The Hall–Kier alpha value is -0.763. The van der Waals surface area contributed by atoms with E-state index < -0.39 is 31.5 Å². The first kappa shape index (κ1) is 18.2. The standard InChI is InChI=1S/C12H24O6Si/c1-10(2,3)19(6,7)18-12(5,17)8(13)11(4,16)9(14)15/h16-17H,1-7H3,(H,14,15). The number of hydrogen-bond acceptors (Lipinski definition) is 5. The number of carboxylic acid groups (broad SMARTS) is 1. The fraction of sp³-hybridized carbons (Fsp3) is 0.833. The molecule has 0 aliphatic heterocycles. The van der Waals surface area contributed by atoms with Crippen LogP contribution in [0, 0.1) is 0 Å². The molecule has 2 atom stereocenters. The first-order valence-electron chi connectivity index (χ1n) is 5.99. The van der Waals surface area contributed by atoms with Gasteiger partial charge in [0.05, 0.1) is 0 Å². The summed E-state index contributed by atoms with van der Waals surface area (Å²) in [6.45, 7) is 11.2. The minimum absolute atomic E-state index is 0.271. The number of aliphatic hydroxyl groups is 2. The summed E-state index contributed by atoms with van der Waals surface area (Å²) in [6.07, 6.45) is 0. The number of hydrogen-bond donors (Lipinski definition) is 3. The van der Waals surface area contributed by atoms with Crippen molar-refractivity contribution >= 4 is 20.1 Å². The number of rotatable bonds is 5. The molecule has 7 heteroatoms. The van der Waals surface area contributed by atoms with Gasteiger partial charge in [-0.2, -0.15) is 0 Å². The van der Waals surface area contributed by atoms with E-state index >= 15 is 0 Å². The van der Waals surface area contributed by atoms with Crippen molar-refractivity contribution in [2.45, 2.75) is 64.1 Å². The lowest BCUT2D eigenvalue weighted by molar-refractivity contribution is -0.193. The third-order valence-corrected chi connectivity index (χ3v) is 8.06. The molecule has 0 heterocycles. The van der Waals surface area contributed by atoms with Gasteiger partial charge >= 0.3 is 5.97 Å². The largest absolute Gasteiger partial charge is 0.479 e. The molecule has 3 N–H and O–H groups in total. The Labute approximate surface area is 114 Å². The fourth-order valence-corrected chi connectivity index (χ4v) is 2.64. The minimum atomic E-state index is -2.69. The average molecular weight is 292 g/mol. The molecule has 0 aromatic rings. The van der Waals surface area contributed by atoms with E-state index in [1.54, 1.807) is 0 Å². The third-order valence-electron chi connectivity index (χ3n) is 3.54. The molecule has 0 fully saturated rings. The first-order valence-corrected chi connectivity index (χ1v) is 8.90. The zero-order chi connectivity index (χ0) is 15.9. The predicted octanol–water partition coefficient (Wildman–Crippen LogP) is 1.12. The molecule has 6 nitrogen and oxygen atoms in total. The molecule has 0 aliphatic rings. The second-order valence-electron chi connectivity index (χ2n) is 6.55. The molecule has 0 bridgehead atoms. The van der Waals surface area contributed by atoms with E-state index in [4.69, 9.17) is 9.53 Å². The van der Waals surface area contributed by atoms with Crippen molar-refractivity contribution in [2.24, 2.45) is 0 Å². The number of ketones is 1. The van der Waals surface area contributed by atoms with Crippen LogP contribution in [0.3, 0.4) is 0 Å². The topological polar surface area (TPSA) is 104 Å². The summed E-state index contributed by atoms with van der Waals surface area (Å²) in [4.78, 5) is 22.8. The van der Waals surface area contributed by atoms with Crippen molar-refractivity contribution in [1.29, 1.82) is 0 Å². The van der Waals surface area contributed by atoms with Crippen LogP contribution in [0.4, 0.5) is 0 Å². The van der Waals surface area contributed by atoms with Crippen LogP contribution in [0.15, 0.2) is 0 Å². The third kappa shape index (κ3) is 3.85. The summed E-state index contributed by atoms with van der Waals surface area (Å²) < 4.78 is 5.51. The van der Waals surface area contributed by atoms with Crippen LogP contribution in [-0.2, 0) is 14.0 Å². The highest BCUT2D eigenvalue weighted by Gasteiger charge is 2.53. The Morgan fingerprint density at radius 1 is 1.00 bits per heavy atom. The number of carbonyl (C=O) groups is 2. The summed E-state index contributed by atoms with van der Waals surface area (Å²) in [5, 5.41) is 28.3. The Balaban J connectivity index is 5.33. The van der Waals surface area contributed by atoms with Crippen LogP contribution in [0.1, 0.15) is 34.6 Å². The molecule has 0 amide bonds. The normalized spacial score (nSPS) is 19.4. The predicted molar refractivity (Wildman–Crippen MR) is 72.2 cm³/mol. The Morgan fingerprint density at radius 2 is 1.37 bits per heavy atom. The molecule has 0 saturated heterocycles. The average Bonchev–Trinajstić information content (AvgIpc) is 2.12. The summed E-state index contributed by atoms with van der Waals surface area (Å²) in [6, 6.07) is 0. The number of carbonyl (C=O) groups excluding carboxylic acids is 1. The minimum Gasteiger partial charge on any atom is -0.479 e. The first-order chi connectivity index (χ1) is 8.06. The summed E-state index contributed by atoms with van der Waals surface area (Å²) >= 11 is 0. The highest BCUT2D eigenvalue weighted by Crippen LogP contribution is 2.39. The zero-order valence-corrected chi connectivity index (χ0v) is 13.6. The number of aliphatic carboxylic acids is 1. The van der Waals surface area contributed by atoms with Crippen LogP contribution in [0.2, 0.25) is 18.1 Å². The lowest BCUT2D eigenvalue weighted by Gasteiger charge is -2.42. The van der Waals surface area contributed by atoms with Crippen LogP contribution in [0.5, 0.6) is 0 Å². The van der Waals surface area contributed by atoms with Crippen LogP contribution >= 0.6 is 0 Å². The van der Waals surface area contributed by atoms with E-state index in [9.17, 15) is 19.8 Å². The molecule has 0 radical (unpaired) electrons. The summed E-state index contributed by atoms with van der Waals surface area (Å²) in [5.41, 5.74) is -2.69. The van der Waals surface area contributed by atoms with Gasteiger partial charge < -0.3 is 19.7 Å². The maximum absolute atomic E-state index is 11.9. The molecule has 0 spiro atoms. The molecule has 19 heavy (non-hydrogen) atoms. The van der Waals surface area contributed by atoms with Crippen molar-refractivity contribution < 1.29 is 29.3 Å². The van der Waals surface area contributed by atoms with E-state index in [0.29, 0.717) is 0 Å². The van der Waals surface area contributed by atoms with Gasteiger partial charge in [-0.3, -0.25) is 4.79 Å². The second kappa shape index (κ2) is 4.97. The molecule has 0 aliphatic carbocycles. The van der Waals surface area contributed by atoms with E-state index in [0.717, 1.165) is 13.8 Å². The monoisotopic (exact) mass is 292 g/mol. The van der Waals surface area contributed by atoms with Gasteiger partial charge in [-0.05, 0) is 32.0 Å². The van der Waals surface area contributed by atoms with E-state index in [2.05, 4.69) is 0 Å². The van der Waals surface area contributed by atoms with Gasteiger partial charge in [-0.1, -0.05) is 20.8 Å². The van der Waals surface area contributed by atoms with Gasteiger partial charge in [0, 0.05) is 0 Å². The SMILES string of the molecule is CC(O)(O[Si](C)(C)C(C)(C)C)C(=O)C(C)(O)C(=O)O. The van der Waals surface area contributed by atoms with Gasteiger partial charge in [-0.15, -0.1) is 0 Å². The molecular weight excluding hydrogens is 268 g/mol. The highest BCUT2D eigenvalue weighted by molar-refractivity contribution is 6.74. The highest BCUT2D eigenvalue weighted by atomic mass is 28.4. The lowest BCUT2D eigenvalue weighted by Crippen LogP contribution is -2.59. The quantitative estimate of drug-likeness (QED) is 0.398.